The maximum absolute atomic E-state index is 11.3. The summed E-state index contributed by atoms with van der Waals surface area (Å²) in [6, 6.07) is 0. The van der Waals surface area contributed by atoms with Crippen molar-refractivity contribution < 1.29 is 9.32 Å². The van der Waals surface area contributed by atoms with Crippen molar-refractivity contribution in [2.45, 2.75) is 44.0 Å². The van der Waals surface area contributed by atoms with Gasteiger partial charge >= 0.3 is 0 Å². The third kappa shape index (κ3) is 2.27. The van der Waals surface area contributed by atoms with Gasteiger partial charge in [-0.15, -0.1) is 0 Å². The molecule has 66 valence electrons. The molecule has 1 saturated carbocycles. The summed E-state index contributed by atoms with van der Waals surface area (Å²) in [5, 5.41) is 9.54. The lowest BCUT2D eigenvalue weighted by Crippen LogP contribution is -2.34. The molecule has 0 unspecified atom stereocenters. The van der Waals surface area contributed by atoms with Gasteiger partial charge in [0, 0.05) is 16.6 Å². The largest absolute Gasteiger partial charge is 0.392 e. The average Bonchev–Trinajstić information content (AvgIpc) is 2.04. The van der Waals surface area contributed by atoms with Crippen molar-refractivity contribution in [3.63, 3.8) is 0 Å². The van der Waals surface area contributed by atoms with E-state index in [-0.39, 0.29) is 11.4 Å². The Hall–Kier alpha value is 0.110. The lowest BCUT2D eigenvalue weighted by Gasteiger charge is -2.26. The maximum Gasteiger partial charge on any atom is 0.0683 e. The summed E-state index contributed by atoms with van der Waals surface area (Å²) in [6.45, 7) is 1.91. The molecule has 11 heavy (non-hydrogen) atoms. The number of rotatable bonds is 2. The Kier molecular flexibility index (Phi) is 3.52. The quantitative estimate of drug-likeness (QED) is 0.683. The summed E-state index contributed by atoms with van der Waals surface area (Å²) < 4.78 is 11.3. The monoisotopic (exact) mass is 176 g/mol. The van der Waals surface area contributed by atoms with Crippen molar-refractivity contribution in [1.82, 2.24) is 0 Å². The molecule has 0 saturated heterocycles. The first kappa shape index (κ1) is 9.20. The van der Waals surface area contributed by atoms with Crippen LogP contribution >= 0.6 is 0 Å². The molecule has 1 aliphatic rings. The molecule has 3 heteroatoms. The van der Waals surface area contributed by atoms with Gasteiger partial charge in [0.15, 0.2) is 0 Å². The van der Waals surface area contributed by atoms with Crippen molar-refractivity contribution in [3.05, 3.63) is 0 Å². The molecule has 0 heterocycles. The van der Waals surface area contributed by atoms with Gasteiger partial charge in [-0.05, 0) is 12.8 Å². The molecule has 0 aromatic carbocycles. The van der Waals surface area contributed by atoms with Gasteiger partial charge in [-0.25, -0.2) is 0 Å². The lowest BCUT2D eigenvalue weighted by molar-refractivity contribution is 0.135. The van der Waals surface area contributed by atoms with E-state index in [1.807, 2.05) is 6.92 Å². The van der Waals surface area contributed by atoms with Gasteiger partial charge in [0.1, 0.15) is 0 Å². The molecular formula is C8H16O2S. The van der Waals surface area contributed by atoms with Crippen LogP contribution in [0.4, 0.5) is 0 Å². The van der Waals surface area contributed by atoms with Crippen LogP contribution in [0.15, 0.2) is 0 Å². The molecule has 1 aliphatic carbocycles. The van der Waals surface area contributed by atoms with E-state index in [9.17, 15) is 9.32 Å². The highest BCUT2D eigenvalue weighted by molar-refractivity contribution is 7.85. The second-order valence-corrected chi connectivity index (χ2v) is 5.00. The Morgan fingerprint density at radius 1 is 1.45 bits per heavy atom. The first-order valence-electron chi connectivity index (χ1n) is 4.31. The minimum Gasteiger partial charge on any atom is -0.392 e. The smallest absolute Gasteiger partial charge is 0.0683 e. The molecule has 0 aromatic rings. The molecule has 0 amide bonds. The van der Waals surface area contributed by atoms with Gasteiger partial charge in [0.25, 0.3) is 0 Å². The van der Waals surface area contributed by atoms with Crippen LogP contribution in [0.2, 0.25) is 0 Å². The Labute approximate surface area is 70.5 Å². The molecule has 3 atom stereocenters. The minimum absolute atomic E-state index is 0.0637. The first-order valence-corrected chi connectivity index (χ1v) is 5.69. The van der Waals surface area contributed by atoms with E-state index in [0.717, 1.165) is 25.7 Å². The van der Waals surface area contributed by atoms with Gasteiger partial charge in [0.2, 0.25) is 0 Å². The highest BCUT2D eigenvalue weighted by atomic mass is 32.2. The topological polar surface area (TPSA) is 37.3 Å². The second kappa shape index (κ2) is 4.21. The van der Waals surface area contributed by atoms with Gasteiger partial charge in [-0.2, -0.15) is 0 Å². The molecule has 0 radical (unpaired) electrons. The fourth-order valence-corrected chi connectivity index (χ4v) is 2.94. The number of hydrogen-bond acceptors (Lipinski definition) is 2. The van der Waals surface area contributed by atoms with Gasteiger partial charge < -0.3 is 5.11 Å². The molecule has 1 N–H and O–H groups in total. The van der Waals surface area contributed by atoms with E-state index in [1.54, 1.807) is 0 Å². The fourth-order valence-electron chi connectivity index (χ4n) is 1.60. The van der Waals surface area contributed by atoms with Crippen LogP contribution in [-0.2, 0) is 10.8 Å². The zero-order chi connectivity index (χ0) is 8.27. The standard InChI is InChI=1S/C8H16O2S/c1-2-11(10)8-6-4-3-5-7(8)9/h7-9H,2-6H2,1H3/t7-,8+,11+/m0/s1. The normalized spacial score (nSPS) is 35.1. The summed E-state index contributed by atoms with van der Waals surface area (Å²) in [7, 11) is -0.794. The third-order valence-corrected chi connectivity index (χ3v) is 4.08. The van der Waals surface area contributed by atoms with Gasteiger partial charge in [0.05, 0.1) is 11.4 Å². The molecular weight excluding hydrogens is 160 g/mol. The van der Waals surface area contributed by atoms with Crippen LogP contribution in [0.5, 0.6) is 0 Å². The first-order chi connectivity index (χ1) is 5.25. The fraction of sp³-hybridized carbons (Fsp3) is 1.00. The summed E-state index contributed by atoms with van der Waals surface area (Å²) >= 11 is 0. The maximum atomic E-state index is 11.3. The number of hydrogen-bond donors (Lipinski definition) is 1. The van der Waals surface area contributed by atoms with Crippen LogP contribution in [0.3, 0.4) is 0 Å². The SMILES string of the molecule is CC[S@@](=O)[C@@H]1CCCC[C@@H]1O. The number of aliphatic hydroxyl groups is 1. The zero-order valence-electron chi connectivity index (χ0n) is 6.95. The predicted molar refractivity (Wildman–Crippen MR) is 46.9 cm³/mol. The van der Waals surface area contributed by atoms with Crippen LogP contribution in [-0.4, -0.2) is 26.4 Å². The summed E-state index contributed by atoms with van der Waals surface area (Å²) in [5.41, 5.74) is 0. The van der Waals surface area contributed by atoms with Crippen molar-refractivity contribution in [2.24, 2.45) is 0 Å². The van der Waals surface area contributed by atoms with E-state index < -0.39 is 10.8 Å². The highest BCUT2D eigenvalue weighted by Gasteiger charge is 2.26. The van der Waals surface area contributed by atoms with Crippen LogP contribution in [0.25, 0.3) is 0 Å². The van der Waals surface area contributed by atoms with Crippen molar-refractivity contribution in [3.8, 4) is 0 Å². The number of aliphatic hydroxyl groups excluding tert-OH is 1. The Morgan fingerprint density at radius 3 is 2.64 bits per heavy atom. The van der Waals surface area contributed by atoms with E-state index in [1.165, 1.54) is 0 Å². The molecule has 0 aromatic heterocycles. The van der Waals surface area contributed by atoms with Crippen LogP contribution < -0.4 is 0 Å². The minimum atomic E-state index is -0.794. The zero-order valence-corrected chi connectivity index (χ0v) is 7.77. The predicted octanol–water partition coefficient (Wildman–Crippen LogP) is 1.06. The average molecular weight is 176 g/mol. The molecule has 2 nitrogen and oxygen atoms in total. The Balaban J connectivity index is 2.47. The summed E-state index contributed by atoms with van der Waals surface area (Å²) in [4.78, 5) is 0. The molecule has 0 spiro atoms. The second-order valence-electron chi connectivity index (χ2n) is 3.06. The van der Waals surface area contributed by atoms with E-state index in [0.29, 0.717) is 5.75 Å². The van der Waals surface area contributed by atoms with Gasteiger partial charge in [-0.3, -0.25) is 4.21 Å². The Morgan fingerprint density at radius 2 is 2.09 bits per heavy atom. The van der Waals surface area contributed by atoms with Crippen LogP contribution in [0.1, 0.15) is 32.6 Å². The van der Waals surface area contributed by atoms with Gasteiger partial charge in [-0.1, -0.05) is 19.8 Å². The third-order valence-electron chi connectivity index (χ3n) is 2.29. The molecule has 0 aliphatic heterocycles. The summed E-state index contributed by atoms with van der Waals surface area (Å²) in [5.74, 6) is 0.682. The lowest BCUT2D eigenvalue weighted by atomic mass is 9.97. The van der Waals surface area contributed by atoms with Crippen molar-refractivity contribution in [2.75, 3.05) is 5.75 Å². The van der Waals surface area contributed by atoms with E-state index >= 15 is 0 Å². The molecule has 1 fully saturated rings. The van der Waals surface area contributed by atoms with Crippen LogP contribution in [0, 0.1) is 0 Å². The Bertz CT molecular complexity index is 147. The molecule has 1 rings (SSSR count). The van der Waals surface area contributed by atoms with Crippen molar-refractivity contribution in [1.29, 1.82) is 0 Å². The molecule has 0 bridgehead atoms. The van der Waals surface area contributed by atoms with Crippen molar-refractivity contribution >= 4 is 10.8 Å². The summed E-state index contributed by atoms with van der Waals surface area (Å²) in [6.07, 6.45) is 3.72. The van der Waals surface area contributed by atoms with E-state index in [2.05, 4.69) is 0 Å². The van der Waals surface area contributed by atoms with E-state index in [4.69, 9.17) is 0 Å². The highest BCUT2D eigenvalue weighted by Crippen LogP contribution is 2.22.